The van der Waals surface area contributed by atoms with Gasteiger partial charge in [-0.1, -0.05) is 24.3 Å². The summed E-state index contributed by atoms with van der Waals surface area (Å²) in [6.07, 6.45) is -5.84. The van der Waals surface area contributed by atoms with E-state index in [4.69, 9.17) is 37.9 Å². The summed E-state index contributed by atoms with van der Waals surface area (Å²) in [5.41, 5.74) is 2.46. The highest BCUT2D eigenvalue weighted by Gasteiger charge is 2.53. The maximum atomic E-state index is 12.6. The maximum Gasteiger partial charge on any atom is 0.337 e. The lowest BCUT2D eigenvalue weighted by atomic mass is 9.89. The van der Waals surface area contributed by atoms with Crippen LogP contribution in [0.3, 0.4) is 0 Å². The van der Waals surface area contributed by atoms with Gasteiger partial charge in [0.05, 0.1) is 19.8 Å². The average Bonchev–Trinajstić information content (AvgIpc) is 2.97. The van der Waals surface area contributed by atoms with E-state index in [1.165, 1.54) is 35.2 Å². The molecule has 0 unspecified atom stereocenters. The predicted molar refractivity (Wildman–Crippen MR) is 151 cm³/mol. The van der Waals surface area contributed by atoms with Crippen molar-refractivity contribution >= 4 is 29.8 Å². The Morgan fingerprint density at radius 1 is 0.773 bits per heavy atom. The summed E-state index contributed by atoms with van der Waals surface area (Å²) in [7, 11) is 4.05. The van der Waals surface area contributed by atoms with Gasteiger partial charge in [0, 0.05) is 33.4 Å². The Balaban J connectivity index is 2.07. The van der Waals surface area contributed by atoms with Gasteiger partial charge in [-0.25, -0.2) is 9.59 Å². The Bertz CT molecular complexity index is 1350. The van der Waals surface area contributed by atoms with E-state index >= 15 is 0 Å². The molecule has 0 spiro atoms. The van der Waals surface area contributed by atoms with Crippen LogP contribution in [0, 0.1) is 0 Å². The predicted octanol–water partition coefficient (Wildman–Crippen LogP) is 2.50. The molecule has 0 amide bonds. The van der Waals surface area contributed by atoms with Gasteiger partial charge < -0.3 is 37.9 Å². The van der Waals surface area contributed by atoms with E-state index in [9.17, 15) is 24.0 Å². The molecule has 44 heavy (non-hydrogen) atoms. The minimum atomic E-state index is -1.38. The number of benzene rings is 2. The minimum Gasteiger partial charge on any atom is -0.496 e. The zero-order chi connectivity index (χ0) is 32.4. The summed E-state index contributed by atoms with van der Waals surface area (Å²) in [5, 5.41) is 0. The van der Waals surface area contributed by atoms with Gasteiger partial charge in [-0.2, -0.15) is 0 Å². The molecule has 1 heterocycles. The van der Waals surface area contributed by atoms with Crippen LogP contribution in [0.15, 0.2) is 42.5 Å². The van der Waals surface area contributed by atoms with E-state index in [0.717, 1.165) is 18.1 Å². The normalized spacial score (nSPS) is 21.0. The van der Waals surface area contributed by atoms with Gasteiger partial charge in [-0.3, -0.25) is 14.4 Å². The molecule has 238 valence electrons. The van der Waals surface area contributed by atoms with E-state index in [1.807, 2.05) is 6.07 Å². The lowest BCUT2D eigenvalue weighted by Gasteiger charge is -2.44. The van der Waals surface area contributed by atoms with Crippen molar-refractivity contribution in [1.29, 1.82) is 0 Å². The number of carbonyl (C=O) groups excluding carboxylic acids is 5. The van der Waals surface area contributed by atoms with Gasteiger partial charge in [0.25, 0.3) is 0 Å². The zero-order valence-corrected chi connectivity index (χ0v) is 25.4. The molecule has 0 saturated carbocycles. The summed E-state index contributed by atoms with van der Waals surface area (Å²) in [6.45, 7) is 2.70. The number of hydrogen-bond donors (Lipinski definition) is 0. The van der Waals surface area contributed by atoms with Gasteiger partial charge in [-0.05, 0) is 35.7 Å². The summed E-state index contributed by atoms with van der Waals surface area (Å²) in [4.78, 5) is 60.7. The Hall–Kier alpha value is -4.49. The third kappa shape index (κ3) is 9.01. The molecular weight excluding hydrogens is 580 g/mol. The Kier molecular flexibility index (Phi) is 12.2. The number of carbonyl (C=O) groups is 5. The highest BCUT2D eigenvalue weighted by Crippen LogP contribution is 2.41. The third-order valence-corrected chi connectivity index (χ3v) is 6.58. The molecule has 1 fully saturated rings. The second kappa shape index (κ2) is 15.8. The van der Waals surface area contributed by atoms with Crippen molar-refractivity contribution in [3.8, 4) is 5.75 Å². The monoisotopic (exact) mass is 616 g/mol. The van der Waals surface area contributed by atoms with Crippen LogP contribution in [0.2, 0.25) is 0 Å². The molecule has 1 aliphatic rings. The van der Waals surface area contributed by atoms with Crippen molar-refractivity contribution in [2.24, 2.45) is 0 Å². The minimum absolute atomic E-state index is 0.341. The lowest BCUT2D eigenvalue weighted by molar-refractivity contribution is -0.255. The van der Waals surface area contributed by atoms with Crippen molar-refractivity contribution in [2.75, 3.05) is 34.5 Å². The van der Waals surface area contributed by atoms with Gasteiger partial charge in [0.1, 0.15) is 31.2 Å². The van der Waals surface area contributed by atoms with Crippen LogP contribution < -0.4 is 4.74 Å². The second-order valence-electron chi connectivity index (χ2n) is 9.88. The van der Waals surface area contributed by atoms with Gasteiger partial charge in [0.15, 0.2) is 18.3 Å². The van der Waals surface area contributed by atoms with Crippen LogP contribution in [-0.2, 0) is 58.8 Å². The van der Waals surface area contributed by atoms with E-state index in [0.29, 0.717) is 23.3 Å². The number of hydrogen-bond acceptors (Lipinski definition) is 13. The van der Waals surface area contributed by atoms with Crippen molar-refractivity contribution in [3.63, 3.8) is 0 Å². The molecule has 2 aromatic rings. The van der Waals surface area contributed by atoms with Crippen LogP contribution in [0.25, 0.3) is 0 Å². The molecule has 13 heteroatoms. The van der Waals surface area contributed by atoms with Crippen LogP contribution in [0.5, 0.6) is 5.75 Å². The van der Waals surface area contributed by atoms with E-state index in [1.54, 1.807) is 36.4 Å². The van der Waals surface area contributed by atoms with E-state index < -0.39 is 67.0 Å². The number of ether oxygens (including phenoxy) is 8. The van der Waals surface area contributed by atoms with E-state index in [-0.39, 0.29) is 6.61 Å². The molecule has 0 aliphatic carbocycles. The van der Waals surface area contributed by atoms with Crippen LogP contribution >= 0.6 is 0 Å². The fourth-order valence-corrected chi connectivity index (χ4v) is 4.85. The first kappa shape index (κ1) is 34.0. The van der Waals surface area contributed by atoms with Crippen molar-refractivity contribution < 1.29 is 61.9 Å². The van der Waals surface area contributed by atoms with Crippen LogP contribution in [0.1, 0.15) is 53.9 Å². The second-order valence-corrected chi connectivity index (χ2v) is 9.88. The standard InChI is InChI=1S/C31H36O13/c1-17(32)40-15-25-28(41-18(2)33)30(44-26(35)16-37-4)29(42-19(3)34)27(43-25)23-11-10-21(14-24(23)38-5)12-20-8-7-9-22(13-20)31(36)39-6/h7-11,13-14,25,27-30H,12,15-16H2,1-6H3/t25-,27+,28+,29+,30+/m1/s1. The molecule has 0 aromatic heterocycles. The smallest absolute Gasteiger partial charge is 0.337 e. The quantitative estimate of drug-likeness (QED) is 0.253. The maximum absolute atomic E-state index is 12.6. The van der Waals surface area contributed by atoms with Gasteiger partial charge >= 0.3 is 29.8 Å². The van der Waals surface area contributed by atoms with Crippen molar-refractivity contribution in [1.82, 2.24) is 0 Å². The summed E-state index contributed by atoms with van der Waals surface area (Å²) >= 11 is 0. The Labute approximate surface area is 254 Å². The molecule has 2 aromatic carbocycles. The first-order valence-electron chi connectivity index (χ1n) is 13.6. The molecular formula is C31H36O13. The number of rotatable bonds is 12. The van der Waals surface area contributed by atoms with Gasteiger partial charge in [0.2, 0.25) is 0 Å². The number of esters is 5. The lowest BCUT2D eigenvalue weighted by Crippen LogP contribution is -2.59. The number of methoxy groups -OCH3 is 3. The van der Waals surface area contributed by atoms with Crippen molar-refractivity contribution in [3.05, 3.63) is 64.7 Å². The third-order valence-electron chi connectivity index (χ3n) is 6.58. The average molecular weight is 617 g/mol. The van der Waals surface area contributed by atoms with Crippen LogP contribution in [0.4, 0.5) is 0 Å². The molecule has 0 radical (unpaired) electrons. The topological polar surface area (TPSA) is 159 Å². The summed E-state index contributed by atoms with van der Waals surface area (Å²) in [6, 6.07) is 12.2. The Morgan fingerprint density at radius 2 is 1.45 bits per heavy atom. The van der Waals surface area contributed by atoms with Crippen LogP contribution in [-0.4, -0.2) is 88.8 Å². The zero-order valence-electron chi connectivity index (χ0n) is 25.4. The molecule has 1 aliphatic heterocycles. The fraction of sp³-hybridized carbons (Fsp3) is 0.452. The molecule has 13 nitrogen and oxygen atoms in total. The SMILES string of the molecule is COCC(=O)O[C@H]1[C@@H](OC(C)=O)[C@@H](COC(C)=O)O[C@@H](c2ccc(Cc3cccc(C(=O)OC)c3)cc2OC)[C@@H]1OC(C)=O. The first-order valence-corrected chi connectivity index (χ1v) is 13.6. The largest absolute Gasteiger partial charge is 0.496 e. The van der Waals surface area contributed by atoms with Crippen molar-refractivity contribution in [2.45, 2.75) is 57.7 Å². The highest BCUT2D eigenvalue weighted by molar-refractivity contribution is 5.89. The summed E-state index contributed by atoms with van der Waals surface area (Å²) < 4.78 is 43.6. The molecule has 1 saturated heterocycles. The molecule has 3 rings (SSSR count). The fourth-order valence-electron chi connectivity index (χ4n) is 4.85. The molecule has 0 N–H and O–H groups in total. The molecule has 5 atom stereocenters. The molecule has 0 bridgehead atoms. The van der Waals surface area contributed by atoms with E-state index in [2.05, 4.69) is 0 Å². The highest BCUT2D eigenvalue weighted by atomic mass is 16.7. The first-order chi connectivity index (χ1) is 21.0. The Morgan fingerprint density at radius 3 is 2.07 bits per heavy atom. The van der Waals surface area contributed by atoms with Gasteiger partial charge in [-0.15, -0.1) is 0 Å². The summed E-state index contributed by atoms with van der Waals surface area (Å²) in [5.74, 6) is -3.03.